The molecule has 4 heteroatoms. The minimum atomic E-state index is 0.364. The van der Waals surface area contributed by atoms with Crippen LogP contribution in [0.5, 0.6) is 11.7 Å². The summed E-state index contributed by atoms with van der Waals surface area (Å²) in [5.74, 6) is 1.82. The van der Waals surface area contributed by atoms with E-state index < -0.39 is 0 Å². The third-order valence-electron chi connectivity index (χ3n) is 2.19. The van der Waals surface area contributed by atoms with Crippen LogP contribution in [0.2, 0.25) is 5.02 Å². The first-order valence-corrected chi connectivity index (χ1v) is 5.29. The summed E-state index contributed by atoms with van der Waals surface area (Å²) in [6, 6.07) is 8.97. The molecule has 1 aromatic heterocycles. The average molecular weight is 238 g/mol. The molecule has 1 heterocycles. The quantitative estimate of drug-likeness (QED) is 0.889. The largest absolute Gasteiger partial charge is 0.429 e. The van der Waals surface area contributed by atoms with Crippen LogP contribution in [-0.2, 0) is 6.54 Å². The summed E-state index contributed by atoms with van der Waals surface area (Å²) in [5.41, 5.74) is 6.40. The number of rotatable bonds is 3. The molecule has 16 heavy (non-hydrogen) atoms. The molecule has 0 amide bonds. The van der Waals surface area contributed by atoms with Crippen molar-refractivity contribution in [2.75, 3.05) is 0 Å². The Morgan fingerprint density at radius 3 is 2.75 bits per heavy atom. The van der Waals surface area contributed by atoms with Gasteiger partial charge in [-0.2, -0.15) is 0 Å². The lowest BCUT2D eigenvalue weighted by atomic mass is 10.2. The molecule has 0 aliphatic carbocycles. The monoisotopic (exact) mass is 237 g/mol. The highest BCUT2D eigenvalue weighted by atomic mass is 35.5. The summed E-state index contributed by atoms with van der Waals surface area (Å²) in [4.78, 5) is 0. The van der Waals surface area contributed by atoms with Crippen LogP contribution in [0.1, 0.15) is 11.3 Å². The highest BCUT2D eigenvalue weighted by Crippen LogP contribution is 2.27. The zero-order valence-corrected chi connectivity index (χ0v) is 9.62. The smallest absolute Gasteiger partial charge is 0.290 e. The van der Waals surface area contributed by atoms with Crippen LogP contribution in [-0.4, -0.2) is 0 Å². The Morgan fingerprint density at radius 2 is 2.12 bits per heavy atom. The van der Waals surface area contributed by atoms with E-state index in [1.807, 2.05) is 13.0 Å². The molecule has 0 radical (unpaired) electrons. The molecule has 0 saturated heterocycles. The third kappa shape index (κ3) is 2.38. The molecule has 2 aromatic rings. The van der Waals surface area contributed by atoms with E-state index in [4.69, 9.17) is 26.5 Å². The minimum Gasteiger partial charge on any atom is -0.429 e. The average Bonchev–Trinajstić information content (AvgIpc) is 2.71. The molecule has 84 valence electrons. The summed E-state index contributed by atoms with van der Waals surface area (Å²) < 4.78 is 10.8. The first kappa shape index (κ1) is 11.0. The van der Waals surface area contributed by atoms with Gasteiger partial charge in [-0.1, -0.05) is 11.6 Å². The van der Waals surface area contributed by atoms with Gasteiger partial charge in [-0.15, -0.1) is 0 Å². The van der Waals surface area contributed by atoms with Crippen LogP contribution in [0.15, 0.2) is 34.7 Å². The molecule has 0 unspecified atom stereocenters. The molecule has 2 N–H and O–H groups in total. The van der Waals surface area contributed by atoms with Crippen molar-refractivity contribution in [2.45, 2.75) is 13.5 Å². The number of nitrogens with two attached hydrogens (primary N) is 1. The Morgan fingerprint density at radius 1 is 1.31 bits per heavy atom. The van der Waals surface area contributed by atoms with E-state index in [0.29, 0.717) is 24.0 Å². The lowest BCUT2D eigenvalue weighted by molar-refractivity contribution is 0.332. The molecule has 2 rings (SSSR count). The van der Waals surface area contributed by atoms with Gasteiger partial charge in [-0.25, -0.2) is 0 Å². The van der Waals surface area contributed by atoms with Crippen molar-refractivity contribution < 1.29 is 9.15 Å². The second-order valence-corrected chi connectivity index (χ2v) is 3.85. The van der Waals surface area contributed by atoms with E-state index in [9.17, 15) is 0 Å². The molecule has 0 aliphatic heterocycles. The van der Waals surface area contributed by atoms with E-state index >= 15 is 0 Å². The number of aryl methyl sites for hydroxylation is 1. The summed E-state index contributed by atoms with van der Waals surface area (Å²) in [5, 5.41) is 0.717. The molecule has 0 spiro atoms. The van der Waals surface area contributed by atoms with Crippen molar-refractivity contribution in [3.63, 3.8) is 0 Å². The maximum Gasteiger partial charge on any atom is 0.290 e. The van der Waals surface area contributed by atoms with Gasteiger partial charge >= 0.3 is 0 Å². The molecule has 0 fully saturated rings. The lowest BCUT2D eigenvalue weighted by Crippen LogP contribution is -1.92. The Labute approximate surface area is 98.8 Å². The second-order valence-electron chi connectivity index (χ2n) is 3.44. The standard InChI is InChI=1S/C12H12ClNO2/c1-8-6-9(2-4-11(8)13)15-12-5-3-10(7-14)16-12/h2-6H,7,14H2,1H3. The summed E-state index contributed by atoms with van der Waals surface area (Å²) in [6.45, 7) is 2.28. The summed E-state index contributed by atoms with van der Waals surface area (Å²) in [7, 11) is 0. The van der Waals surface area contributed by atoms with E-state index in [1.165, 1.54) is 0 Å². The Kier molecular flexibility index (Phi) is 3.17. The number of ether oxygens (including phenoxy) is 1. The van der Waals surface area contributed by atoms with Gasteiger partial charge in [0.1, 0.15) is 11.5 Å². The third-order valence-corrected chi connectivity index (χ3v) is 2.61. The van der Waals surface area contributed by atoms with Gasteiger partial charge in [-0.3, -0.25) is 0 Å². The van der Waals surface area contributed by atoms with Crippen molar-refractivity contribution in [3.05, 3.63) is 46.7 Å². The number of halogens is 1. The number of benzene rings is 1. The summed E-state index contributed by atoms with van der Waals surface area (Å²) in [6.07, 6.45) is 0. The topological polar surface area (TPSA) is 48.4 Å². The van der Waals surface area contributed by atoms with Crippen molar-refractivity contribution in [1.82, 2.24) is 0 Å². The van der Waals surface area contributed by atoms with Crippen LogP contribution in [0.3, 0.4) is 0 Å². The van der Waals surface area contributed by atoms with Crippen molar-refractivity contribution in [1.29, 1.82) is 0 Å². The fraction of sp³-hybridized carbons (Fsp3) is 0.167. The molecular weight excluding hydrogens is 226 g/mol. The molecule has 0 aliphatic rings. The van der Waals surface area contributed by atoms with E-state index in [1.54, 1.807) is 24.3 Å². The first-order chi connectivity index (χ1) is 7.69. The molecule has 0 bridgehead atoms. The fourth-order valence-electron chi connectivity index (χ4n) is 1.32. The van der Waals surface area contributed by atoms with Crippen LogP contribution in [0.4, 0.5) is 0 Å². The Hall–Kier alpha value is -1.45. The van der Waals surface area contributed by atoms with Gasteiger partial charge in [0, 0.05) is 11.1 Å². The van der Waals surface area contributed by atoms with Gasteiger partial charge < -0.3 is 14.9 Å². The molecule has 0 atom stereocenters. The SMILES string of the molecule is Cc1cc(Oc2ccc(CN)o2)ccc1Cl. The van der Waals surface area contributed by atoms with Crippen LogP contribution in [0.25, 0.3) is 0 Å². The highest BCUT2D eigenvalue weighted by Gasteiger charge is 2.04. The van der Waals surface area contributed by atoms with Crippen LogP contribution >= 0.6 is 11.6 Å². The van der Waals surface area contributed by atoms with Crippen molar-refractivity contribution in [3.8, 4) is 11.7 Å². The van der Waals surface area contributed by atoms with Gasteiger partial charge in [0.25, 0.3) is 5.95 Å². The highest BCUT2D eigenvalue weighted by molar-refractivity contribution is 6.31. The molecule has 3 nitrogen and oxygen atoms in total. The van der Waals surface area contributed by atoms with Crippen molar-refractivity contribution >= 4 is 11.6 Å². The zero-order valence-electron chi connectivity index (χ0n) is 8.87. The van der Waals surface area contributed by atoms with Crippen molar-refractivity contribution in [2.24, 2.45) is 5.73 Å². The predicted molar refractivity (Wildman–Crippen MR) is 62.9 cm³/mol. The number of furan rings is 1. The van der Waals surface area contributed by atoms with Crippen LogP contribution < -0.4 is 10.5 Å². The zero-order chi connectivity index (χ0) is 11.5. The van der Waals surface area contributed by atoms with Gasteiger partial charge in [-0.05, 0) is 36.8 Å². The van der Waals surface area contributed by atoms with Gasteiger partial charge in [0.15, 0.2) is 0 Å². The predicted octanol–water partition coefficient (Wildman–Crippen LogP) is 3.49. The fourth-order valence-corrected chi connectivity index (χ4v) is 1.44. The number of hydrogen-bond acceptors (Lipinski definition) is 3. The molecule has 0 saturated carbocycles. The Balaban J connectivity index is 2.17. The first-order valence-electron chi connectivity index (χ1n) is 4.92. The maximum absolute atomic E-state index is 5.91. The van der Waals surface area contributed by atoms with E-state index in [2.05, 4.69) is 0 Å². The van der Waals surface area contributed by atoms with Gasteiger partial charge in [0.05, 0.1) is 6.54 Å². The van der Waals surface area contributed by atoms with E-state index in [-0.39, 0.29) is 0 Å². The summed E-state index contributed by atoms with van der Waals surface area (Å²) >= 11 is 5.91. The molecule has 1 aromatic carbocycles. The van der Waals surface area contributed by atoms with E-state index in [0.717, 1.165) is 10.6 Å². The lowest BCUT2D eigenvalue weighted by Gasteiger charge is -2.04. The maximum atomic E-state index is 5.91. The Bertz CT molecular complexity index is 494. The minimum absolute atomic E-state index is 0.364. The normalized spacial score (nSPS) is 10.4. The number of hydrogen-bond donors (Lipinski definition) is 1. The second kappa shape index (κ2) is 4.60. The van der Waals surface area contributed by atoms with Crippen LogP contribution in [0, 0.1) is 6.92 Å². The molecular formula is C12H12ClNO2. The van der Waals surface area contributed by atoms with Gasteiger partial charge in [0.2, 0.25) is 0 Å².